The predicted molar refractivity (Wildman–Crippen MR) is 86.7 cm³/mol. The number of aromatic nitrogens is 2. The number of imidazole rings is 1. The molecule has 5 heteroatoms. The average Bonchev–Trinajstić information content (AvgIpc) is 2.93. The lowest BCUT2D eigenvalue weighted by molar-refractivity contribution is 0.505. The van der Waals surface area contributed by atoms with E-state index in [2.05, 4.69) is 44.6 Å². The Morgan fingerprint density at radius 1 is 1.38 bits per heavy atom. The van der Waals surface area contributed by atoms with Crippen molar-refractivity contribution in [2.24, 2.45) is 0 Å². The summed E-state index contributed by atoms with van der Waals surface area (Å²) in [5.41, 5.74) is 1.07. The van der Waals surface area contributed by atoms with Crippen LogP contribution in [-0.2, 0) is 13.0 Å². The predicted octanol–water partition coefficient (Wildman–Crippen LogP) is 4.09. The highest BCUT2D eigenvalue weighted by Gasteiger charge is 2.15. The molecule has 2 rings (SSSR count). The molecule has 1 heterocycles. The summed E-state index contributed by atoms with van der Waals surface area (Å²) < 4.78 is 16.1. The molecule has 1 atom stereocenters. The second-order valence-corrected chi connectivity index (χ2v) is 5.87. The molecule has 1 unspecified atom stereocenters. The largest absolute Gasteiger partial charge is 0.335 e. The fourth-order valence-electron chi connectivity index (χ4n) is 2.36. The molecule has 1 N–H and O–H groups in total. The Balaban J connectivity index is 2.23. The van der Waals surface area contributed by atoms with Gasteiger partial charge in [0.1, 0.15) is 11.6 Å². The summed E-state index contributed by atoms with van der Waals surface area (Å²) in [6, 6.07) is 5.33. The number of aryl methyl sites for hydroxylation is 1. The Labute approximate surface area is 133 Å². The molecule has 1 aromatic heterocycles. The molecule has 0 aliphatic rings. The fourth-order valence-corrected chi connectivity index (χ4v) is 2.75. The Morgan fingerprint density at radius 2 is 2.19 bits per heavy atom. The summed E-state index contributed by atoms with van der Waals surface area (Å²) >= 11 is 3.27. The van der Waals surface area contributed by atoms with Gasteiger partial charge in [-0.15, -0.1) is 0 Å². The molecular formula is C16H21BrFN3. The van der Waals surface area contributed by atoms with Crippen molar-refractivity contribution in [2.45, 2.75) is 39.3 Å². The first kappa shape index (κ1) is 16.2. The standard InChI is InChI=1S/C16H21BrFN3/c1-3-7-19-15(11-16-20-8-9-21(16)4-2)12-5-6-14(18)13(17)10-12/h5-6,8-10,15,19H,3-4,7,11H2,1-2H3. The zero-order valence-electron chi connectivity index (χ0n) is 12.4. The summed E-state index contributed by atoms with van der Waals surface area (Å²) in [4.78, 5) is 4.44. The van der Waals surface area contributed by atoms with Crippen molar-refractivity contribution >= 4 is 15.9 Å². The van der Waals surface area contributed by atoms with Crippen LogP contribution >= 0.6 is 15.9 Å². The van der Waals surface area contributed by atoms with Crippen LogP contribution < -0.4 is 5.32 Å². The molecule has 21 heavy (non-hydrogen) atoms. The molecule has 0 saturated heterocycles. The van der Waals surface area contributed by atoms with Gasteiger partial charge in [0.15, 0.2) is 0 Å². The third kappa shape index (κ3) is 4.14. The van der Waals surface area contributed by atoms with E-state index in [9.17, 15) is 4.39 Å². The number of hydrogen-bond acceptors (Lipinski definition) is 2. The van der Waals surface area contributed by atoms with Crippen molar-refractivity contribution < 1.29 is 4.39 Å². The van der Waals surface area contributed by atoms with Crippen LogP contribution in [0.25, 0.3) is 0 Å². The minimum Gasteiger partial charge on any atom is -0.335 e. The number of benzene rings is 1. The van der Waals surface area contributed by atoms with E-state index in [1.54, 1.807) is 0 Å². The smallest absolute Gasteiger partial charge is 0.137 e. The van der Waals surface area contributed by atoms with Crippen LogP contribution in [0.15, 0.2) is 35.1 Å². The number of halogens is 2. The molecule has 0 saturated carbocycles. The number of nitrogens with one attached hydrogen (secondary N) is 1. The van der Waals surface area contributed by atoms with Crippen LogP contribution in [0.1, 0.15) is 37.7 Å². The van der Waals surface area contributed by atoms with Gasteiger partial charge >= 0.3 is 0 Å². The SMILES string of the molecule is CCCNC(Cc1nccn1CC)c1ccc(F)c(Br)c1. The van der Waals surface area contributed by atoms with Gasteiger partial charge in [0.2, 0.25) is 0 Å². The van der Waals surface area contributed by atoms with Gasteiger partial charge in [-0.1, -0.05) is 13.0 Å². The van der Waals surface area contributed by atoms with Gasteiger partial charge in [0.25, 0.3) is 0 Å². The monoisotopic (exact) mass is 353 g/mol. The zero-order valence-corrected chi connectivity index (χ0v) is 14.0. The first-order valence-corrected chi connectivity index (χ1v) is 8.13. The van der Waals surface area contributed by atoms with E-state index in [0.29, 0.717) is 4.47 Å². The van der Waals surface area contributed by atoms with Crippen LogP contribution in [0.4, 0.5) is 4.39 Å². The van der Waals surface area contributed by atoms with Gasteiger partial charge in [-0.3, -0.25) is 0 Å². The van der Waals surface area contributed by atoms with Gasteiger partial charge in [0, 0.05) is 31.4 Å². The molecule has 0 aliphatic heterocycles. The number of hydrogen-bond donors (Lipinski definition) is 1. The van der Waals surface area contributed by atoms with Crippen molar-refractivity contribution in [1.29, 1.82) is 0 Å². The van der Waals surface area contributed by atoms with Crippen molar-refractivity contribution in [1.82, 2.24) is 14.9 Å². The van der Waals surface area contributed by atoms with E-state index in [1.165, 1.54) is 6.07 Å². The average molecular weight is 354 g/mol. The van der Waals surface area contributed by atoms with E-state index in [4.69, 9.17) is 0 Å². The summed E-state index contributed by atoms with van der Waals surface area (Å²) in [6.45, 7) is 6.07. The maximum Gasteiger partial charge on any atom is 0.137 e. The van der Waals surface area contributed by atoms with Gasteiger partial charge in [-0.05, 0) is 53.5 Å². The van der Waals surface area contributed by atoms with E-state index < -0.39 is 0 Å². The van der Waals surface area contributed by atoms with Crippen LogP contribution in [0.5, 0.6) is 0 Å². The molecule has 3 nitrogen and oxygen atoms in total. The third-order valence-electron chi connectivity index (χ3n) is 3.52. The first-order valence-electron chi connectivity index (χ1n) is 7.34. The van der Waals surface area contributed by atoms with Crippen molar-refractivity contribution in [2.75, 3.05) is 6.54 Å². The molecule has 0 fully saturated rings. The number of nitrogens with zero attached hydrogens (tertiary/aromatic N) is 2. The van der Waals surface area contributed by atoms with Gasteiger partial charge < -0.3 is 9.88 Å². The molecule has 0 radical (unpaired) electrons. The molecule has 0 amide bonds. The maximum atomic E-state index is 13.4. The molecule has 2 aromatic rings. The molecular weight excluding hydrogens is 333 g/mol. The summed E-state index contributed by atoms with van der Waals surface area (Å²) in [7, 11) is 0. The Hall–Kier alpha value is -1.20. The minimum atomic E-state index is -0.233. The highest BCUT2D eigenvalue weighted by molar-refractivity contribution is 9.10. The lowest BCUT2D eigenvalue weighted by atomic mass is 10.0. The third-order valence-corrected chi connectivity index (χ3v) is 4.12. The molecule has 0 aliphatic carbocycles. The van der Waals surface area contributed by atoms with Crippen LogP contribution in [0.2, 0.25) is 0 Å². The Kier molecular flexibility index (Phi) is 5.94. The number of rotatable bonds is 7. The summed E-state index contributed by atoms with van der Waals surface area (Å²) in [5.74, 6) is 0.814. The summed E-state index contributed by atoms with van der Waals surface area (Å²) in [6.07, 6.45) is 5.67. The van der Waals surface area contributed by atoms with Crippen LogP contribution in [0.3, 0.4) is 0 Å². The van der Waals surface area contributed by atoms with Gasteiger partial charge in [-0.25, -0.2) is 9.37 Å². The zero-order chi connectivity index (χ0) is 15.2. The topological polar surface area (TPSA) is 29.9 Å². The second kappa shape index (κ2) is 7.71. The summed E-state index contributed by atoms with van der Waals surface area (Å²) in [5, 5.41) is 3.53. The van der Waals surface area contributed by atoms with E-state index in [1.807, 2.05) is 24.5 Å². The highest BCUT2D eigenvalue weighted by atomic mass is 79.9. The van der Waals surface area contributed by atoms with Crippen molar-refractivity contribution in [3.63, 3.8) is 0 Å². The molecule has 0 bridgehead atoms. The minimum absolute atomic E-state index is 0.134. The maximum absolute atomic E-state index is 13.4. The quantitative estimate of drug-likeness (QED) is 0.812. The lowest BCUT2D eigenvalue weighted by Crippen LogP contribution is -2.25. The first-order chi connectivity index (χ1) is 10.2. The van der Waals surface area contributed by atoms with E-state index in [-0.39, 0.29) is 11.9 Å². The van der Waals surface area contributed by atoms with Crippen LogP contribution in [-0.4, -0.2) is 16.1 Å². The molecule has 0 spiro atoms. The van der Waals surface area contributed by atoms with E-state index >= 15 is 0 Å². The van der Waals surface area contributed by atoms with Crippen molar-refractivity contribution in [3.8, 4) is 0 Å². The van der Waals surface area contributed by atoms with Crippen LogP contribution in [0, 0.1) is 5.82 Å². The Morgan fingerprint density at radius 3 is 2.86 bits per heavy atom. The van der Waals surface area contributed by atoms with E-state index in [0.717, 1.165) is 37.3 Å². The van der Waals surface area contributed by atoms with Crippen molar-refractivity contribution in [3.05, 3.63) is 52.3 Å². The second-order valence-electron chi connectivity index (χ2n) is 5.01. The fraction of sp³-hybridized carbons (Fsp3) is 0.438. The molecule has 114 valence electrons. The lowest BCUT2D eigenvalue weighted by Gasteiger charge is -2.19. The Bertz CT molecular complexity index is 583. The van der Waals surface area contributed by atoms with Gasteiger partial charge in [-0.2, -0.15) is 0 Å². The normalized spacial score (nSPS) is 12.6. The molecule has 1 aromatic carbocycles. The highest BCUT2D eigenvalue weighted by Crippen LogP contribution is 2.23. The van der Waals surface area contributed by atoms with Gasteiger partial charge in [0.05, 0.1) is 4.47 Å².